The molecular formula is C31H25Cl2NO4. The number of benzene rings is 4. The number of halogens is 2. The third-order valence-corrected chi connectivity index (χ3v) is 8.31. The topological polar surface area (TPSA) is 66.7 Å². The number of rotatable bonds is 6. The Morgan fingerprint density at radius 1 is 0.763 bits per heavy atom. The second kappa shape index (κ2) is 9.23. The average Bonchev–Trinajstić information content (AvgIpc) is 3.63. The third kappa shape index (κ3) is 3.27. The molecule has 1 saturated heterocycles. The maximum absolute atomic E-state index is 14.0. The molecule has 2 aliphatic heterocycles. The SMILES string of the molecule is COC(=O)[C@]1([C@@]2(c3ccccc3)OC(OC)(c3ccccc3)c3ccccc32)N[C@@H]1c1c(Cl)cccc1Cl. The van der Waals surface area contributed by atoms with E-state index in [1.807, 2.05) is 84.9 Å². The second-order valence-corrected chi connectivity index (χ2v) is 10.2. The van der Waals surface area contributed by atoms with Gasteiger partial charge in [0.25, 0.3) is 0 Å². The summed E-state index contributed by atoms with van der Waals surface area (Å²) in [7, 11) is 2.98. The van der Waals surface area contributed by atoms with Gasteiger partial charge in [-0.1, -0.05) is 114 Å². The molecule has 0 spiro atoms. The molecule has 6 rings (SSSR count). The van der Waals surface area contributed by atoms with Crippen molar-refractivity contribution < 1.29 is 19.0 Å². The Morgan fingerprint density at radius 3 is 1.89 bits per heavy atom. The predicted molar refractivity (Wildman–Crippen MR) is 146 cm³/mol. The van der Waals surface area contributed by atoms with Crippen LogP contribution in [0.3, 0.4) is 0 Å². The van der Waals surface area contributed by atoms with Crippen molar-refractivity contribution in [2.24, 2.45) is 0 Å². The van der Waals surface area contributed by atoms with Crippen LogP contribution in [0.2, 0.25) is 10.0 Å². The Kier molecular flexibility index (Phi) is 6.10. The van der Waals surface area contributed by atoms with Gasteiger partial charge in [-0.25, -0.2) is 4.79 Å². The molecule has 192 valence electrons. The Bertz CT molecular complexity index is 1490. The summed E-state index contributed by atoms with van der Waals surface area (Å²) in [6.07, 6.45) is 0. The van der Waals surface area contributed by atoms with Crippen molar-refractivity contribution in [1.29, 1.82) is 0 Å². The van der Waals surface area contributed by atoms with Crippen molar-refractivity contribution in [1.82, 2.24) is 5.32 Å². The van der Waals surface area contributed by atoms with Gasteiger partial charge in [-0.2, -0.15) is 0 Å². The third-order valence-electron chi connectivity index (χ3n) is 7.65. The first-order valence-electron chi connectivity index (χ1n) is 12.2. The van der Waals surface area contributed by atoms with Gasteiger partial charge in [-0.3, -0.25) is 5.32 Å². The fourth-order valence-electron chi connectivity index (χ4n) is 6.00. The van der Waals surface area contributed by atoms with Crippen molar-refractivity contribution in [3.8, 4) is 0 Å². The molecule has 0 amide bonds. The van der Waals surface area contributed by atoms with Crippen LogP contribution in [0.25, 0.3) is 0 Å². The molecule has 4 atom stereocenters. The second-order valence-electron chi connectivity index (χ2n) is 9.39. The van der Waals surface area contributed by atoms with Crippen molar-refractivity contribution >= 4 is 29.2 Å². The van der Waals surface area contributed by atoms with Gasteiger partial charge in [0.2, 0.25) is 5.79 Å². The van der Waals surface area contributed by atoms with Crippen molar-refractivity contribution in [3.05, 3.63) is 141 Å². The first-order chi connectivity index (χ1) is 18.5. The summed E-state index contributed by atoms with van der Waals surface area (Å²) in [6.45, 7) is 0. The average molecular weight is 546 g/mol. The number of fused-ring (bicyclic) bond motifs is 1. The zero-order chi connectivity index (χ0) is 26.5. The summed E-state index contributed by atoms with van der Waals surface area (Å²) in [4.78, 5) is 14.0. The number of nitrogens with one attached hydrogen (secondary N) is 1. The quantitative estimate of drug-likeness (QED) is 0.225. The minimum absolute atomic E-state index is 0.441. The fourth-order valence-corrected chi connectivity index (χ4v) is 6.62. The van der Waals surface area contributed by atoms with Crippen LogP contribution in [0.4, 0.5) is 0 Å². The minimum atomic E-state index is -1.41. The van der Waals surface area contributed by atoms with Crippen molar-refractivity contribution in [2.75, 3.05) is 14.2 Å². The Balaban J connectivity index is 1.70. The van der Waals surface area contributed by atoms with Gasteiger partial charge in [-0.15, -0.1) is 0 Å². The molecule has 0 bridgehead atoms. The van der Waals surface area contributed by atoms with Gasteiger partial charge in [0.15, 0.2) is 11.1 Å². The lowest BCUT2D eigenvalue weighted by molar-refractivity contribution is -0.247. The normalized spacial score (nSPS) is 27.5. The number of carbonyl (C=O) groups is 1. The van der Waals surface area contributed by atoms with Gasteiger partial charge in [-0.05, 0) is 23.3 Å². The van der Waals surface area contributed by atoms with Crippen LogP contribution in [0.15, 0.2) is 103 Å². The maximum Gasteiger partial charge on any atom is 0.331 e. The summed E-state index contributed by atoms with van der Waals surface area (Å²) in [6, 6.07) is 31.9. The van der Waals surface area contributed by atoms with Crippen molar-refractivity contribution in [3.63, 3.8) is 0 Å². The molecular weight excluding hydrogens is 521 g/mol. The maximum atomic E-state index is 14.0. The number of esters is 1. The molecule has 5 nitrogen and oxygen atoms in total. The van der Waals surface area contributed by atoms with Gasteiger partial charge >= 0.3 is 5.97 Å². The highest BCUT2D eigenvalue weighted by molar-refractivity contribution is 6.36. The lowest BCUT2D eigenvalue weighted by atomic mass is 9.72. The lowest BCUT2D eigenvalue weighted by Gasteiger charge is -2.40. The zero-order valence-corrected chi connectivity index (χ0v) is 22.3. The monoisotopic (exact) mass is 545 g/mol. The fraction of sp³-hybridized carbons (Fsp3) is 0.194. The van der Waals surface area contributed by atoms with Crippen LogP contribution in [0, 0.1) is 0 Å². The molecule has 1 N–H and O–H groups in total. The molecule has 4 aromatic rings. The van der Waals surface area contributed by atoms with Crippen LogP contribution in [0.1, 0.15) is 33.9 Å². The molecule has 0 aromatic heterocycles. The number of ether oxygens (including phenoxy) is 3. The first-order valence-corrected chi connectivity index (χ1v) is 13.0. The van der Waals surface area contributed by atoms with E-state index in [0.717, 1.165) is 22.3 Å². The highest BCUT2D eigenvalue weighted by Gasteiger charge is 2.79. The van der Waals surface area contributed by atoms with Gasteiger partial charge in [0, 0.05) is 33.8 Å². The van der Waals surface area contributed by atoms with E-state index in [0.29, 0.717) is 15.6 Å². The Morgan fingerprint density at radius 2 is 1.32 bits per heavy atom. The molecule has 38 heavy (non-hydrogen) atoms. The molecule has 7 heteroatoms. The van der Waals surface area contributed by atoms with E-state index >= 15 is 0 Å². The van der Waals surface area contributed by atoms with Gasteiger partial charge in [0.1, 0.15) is 0 Å². The summed E-state index contributed by atoms with van der Waals surface area (Å²) < 4.78 is 19.0. The smallest absolute Gasteiger partial charge is 0.331 e. The minimum Gasteiger partial charge on any atom is -0.467 e. The predicted octanol–water partition coefficient (Wildman–Crippen LogP) is 6.37. The zero-order valence-electron chi connectivity index (χ0n) is 20.8. The number of carbonyl (C=O) groups excluding carboxylic acids is 1. The van der Waals surface area contributed by atoms with E-state index < -0.39 is 28.9 Å². The largest absolute Gasteiger partial charge is 0.467 e. The molecule has 1 fully saturated rings. The summed E-state index contributed by atoms with van der Waals surface area (Å²) in [5, 5.41) is 4.32. The number of hydrogen-bond acceptors (Lipinski definition) is 5. The number of methoxy groups -OCH3 is 2. The lowest BCUT2D eigenvalue weighted by Crippen LogP contribution is -2.53. The molecule has 0 radical (unpaired) electrons. The van der Waals surface area contributed by atoms with E-state index in [-0.39, 0.29) is 0 Å². The Labute approximate surface area is 231 Å². The summed E-state index contributed by atoms with van der Waals surface area (Å²) in [5.41, 5.74) is 0.928. The number of hydrogen-bond donors (Lipinski definition) is 1. The van der Waals surface area contributed by atoms with Gasteiger partial charge < -0.3 is 14.2 Å². The summed E-state index contributed by atoms with van der Waals surface area (Å²) in [5.74, 6) is -1.81. The van der Waals surface area contributed by atoms with E-state index in [1.54, 1.807) is 25.3 Å². The highest BCUT2D eigenvalue weighted by atomic mass is 35.5. The molecule has 2 aliphatic rings. The van der Waals surface area contributed by atoms with Gasteiger partial charge in [0.05, 0.1) is 13.2 Å². The van der Waals surface area contributed by atoms with E-state index in [4.69, 9.17) is 37.4 Å². The molecule has 0 saturated carbocycles. The molecule has 1 unspecified atom stereocenters. The molecule has 0 aliphatic carbocycles. The molecule has 4 aromatic carbocycles. The standard InChI is InChI=1S/C31H25Cl2NO4/c1-36-28(35)29(27(34-29)26-24(32)18-11-19-25(26)33)30(20-12-5-3-6-13-20)22-16-9-10-17-23(22)31(37-2,38-30)21-14-7-4-8-15-21/h3-19,27,34H,1-2H3/t27-,29-,30+,31?/m1/s1. The van der Waals surface area contributed by atoms with Crippen molar-refractivity contribution in [2.45, 2.75) is 23.0 Å². The van der Waals surface area contributed by atoms with Crippen LogP contribution < -0.4 is 5.32 Å². The van der Waals surface area contributed by atoms with Crippen LogP contribution >= 0.6 is 23.2 Å². The Hall–Kier alpha value is -3.19. The molecule has 2 heterocycles. The van der Waals surface area contributed by atoms with E-state index in [2.05, 4.69) is 5.32 Å². The van der Waals surface area contributed by atoms with Crippen LogP contribution in [-0.4, -0.2) is 25.7 Å². The first kappa shape index (κ1) is 25.1. The van der Waals surface area contributed by atoms with E-state index in [9.17, 15) is 4.79 Å². The van der Waals surface area contributed by atoms with E-state index in [1.165, 1.54) is 7.11 Å². The van der Waals surface area contributed by atoms with Crippen LogP contribution in [-0.2, 0) is 30.4 Å². The summed E-state index contributed by atoms with van der Waals surface area (Å²) >= 11 is 13.4. The highest BCUT2D eigenvalue weighted by Crippen LogP contribution is 2.66. The van der Waals surface area contributed by atoms with Crippen LogP contribution in [0.5, 0.6) is 0 Å².